The Morgan fingerprint density at radius 2 is 1.75 bits per heavy atom. The number of aliphatic hydroxyl groups is 1. The summed E-state index contributed by atoms with van der Waals surface area (Å²) in [5, 5.41) is 21.4. The lowest BCUT2D eigenvalue weighted by Gasteiger charge is -2.60. The van der Waals surface area contributed by atoms with E-state index in [9.17, 15) is 24.6 Å². The smallest absolute Gasteiger partial charge is 0.338 e. The molecule has 216 valence electrons. The number of esters is 3. The fraction of sp³-hybridized carbons (Fsp3) is 0.516. The summed E-state index contributed by atoms with van der Waals surface area (Å²) in [5.74, 6) is -2.18. The average molecular weight is 555 g/mol. The molecule has 1 aromatic rings. The zero-order chi connectivity index (χ0) is 29.4. The maximum absolute atomic E-state index is 13.1. The third-order valence-electron chi connectivity index (χ3n) is 9.03. The van der Waals surface area contributed by atoms with E-state index in [0.29, 0.717) is 31.3 Å². The molecule has 9 nitrogen and oxygen atoms in total. The molecule has 9 heteroatoms. The van der Waals surface area contributed by atoms with Gasteiger partial charge in [0.2, 0.25) is 12.6 Å². The van der Waals surface area contributed by atoms with Gasteiger partial charge in [0.15, 0.2) is 0 Å². The van der Waals surface area contributed by atoms with Crippen molar-refractivity contribution in [3.63, 3.8) is 0 Å². The zero-order valence-corrected chi connectivity index (χ0v) is 23.4. The van der Waals surface area contributed by atoms with Crippen molar-refractivity contribution in [1.29, 1.82) is 0 Å². The van der Waals surface area contributed by atoms with Gasteiger partial charge >= 0.3 is 17.9 Å². The molecule has 3 aliphatic rings. The summed E-state index contributed by atoms with van der Waals surface area (Å²) >= 11 is 0. The molecule has 0 radical (unpaired) electrons. The number of hydrogen-bond acceptors (Lipinski definition) is 9. The van der Waals surface area contributed by atoms with Gasteiger partial charge in [-0.2, -0.15) is 0 Å². The molecule has 4 rings (SSSR count). The monoisotopic (exact) mass is 554 g/mol. The number of aromatic hydroxyl groups is 1. The number of carbonyl (C=O) groups excluding carboxylic acids is 3. The summed E-state index contributed by atoms with van der Waals surface area (Å²) in [5.41, 5.74) is -0.147. The summed E-state index contributed by atoms with van der Waals surface area (Å²) in [6, 6.07) is 5.72. The third kappa shape index (κ3) is 5.20. The highest BCUT2D eigenvalue weighted by Crippen LogP contribution is 2.67. The van der Waals surface area contributed by atoms with Gasteiger partial charge in [-0.05, 0) is 73.3 Å². The van der Waals surface area contributed by atoms with Crippen LogP contribution in [0.25, 0.3) is 0 Å². The van der Waals surface area contributed by atoms with Crippen LogP contribution in [-0.2, 0) is 28.5 Å². The van der Waals surface area contributed by atoms with Crippen molar-refractivity contribution in [2.75, 3.05) is 0 Å². The van der Waals surface area contributed by atoms with Crippen molar-refractivity contribution >= 4 is 17.9 Å². The van der Waals surface area contributed by atoms with Gasteiger partial charge in [0.25, 0.3) is 0 Å². The second kappa shape index (κ2) is 11.2. The van der Waals surface area contributed by atoms with Crippen molar-refractivity contribution in [1.82, 2.24) is 0 Å². The Balaban J connectivity index is 1.84. The zero-order valence-electron chi connectivity index (χ0n) is 23.4. The first-order chi connectivity index (χ1) is 18.8. The summed E-state index contributed by atoms with van der Waals surface area (Å²) < 4.78 is 23.2. The van der Waals surface area contributed by atoms with Crippen LogP contribution in [0.3, 0.4) is 0 Å². The molecule has 2 fully saturated rings. The summed E-state index contributed by atoms with van der Waals surface area (Å²) in [6.07, 6.45) is 1.18. The number of aliphatic hydroxyl groups excluding tert-OH is 1. The van der Waals surface area contributed by atoms with Gasteiger partial charge in [0.1, 0.15) is 11.9 Å². The van der Waals surface area contributed by atoms with Crippen molar-refractivity contribution in [3.8, 4) is 5.75 Å². The lowest BCUT2D eigenvalue weighted by Crippen LogP contribution is -2.63. The van der Waals surface area contributed by atoms with Crippen LogP contribution >= 0.6 is 0 Å². The predicted octanol–water partition coefficient (Wildman–Crippen LogP) is 4.59. The molecule has 40 heavy (non-hydrogen) atoms. The molecule has 0 bridgehead atoms. The fourth-order valence-corrected chi connectivity index (χ4v) is 6.82. The molecular formula is C31H38O9. The summed E-state index contributed by atoms with van der Waals surface area (Å²) in [7, 11) is 0. The summed E-state index contributed by atoms with van der Waals surface area (Å²) in [4.78, 5) is 37.4. The molecular weight excluding hydrogens is 516 g/mol. The van der Waals surface area contributed by atoms with E-state index < -0.39 is 59.4 Å². The van der Waals surface area contributed by atoms with Crippen molar-refractivity contribution in [2.45, 2.75) is 78.2 Å². The molecule has 1 aromatic carbocycles. The van der Waals surface area contributed by atoms with Crippen molar-refractivity contribution in [2.24, 2.45) is 22.7 Å². The first-order valence-corrected chi connectivity index (χ1v) is 13.5. The standard InChI is InChI=1S/C31H38O9/c1-7-17(2)12-13-30(6)18(3)14-26(35)31-24(28(37-19(4)32)40-29(31)38-20(5)33)15-23(16-25(30)31)39-27(36)21-8-10-22(34)11-9-21/h7-11,15,18,23,25-26,28-29,34-35H,1-2,12-14,16H2,3-6H3/t18-,23-,25+,26+,28+,29-,30-,31-/m1/s1. The second-order valence-corrected chi connectivity index (χ2v) is 11.4. The maximum atomic E-state index is 13.1. The van der Waals surface area contributed by atoms with Crippen LogP contribution in [0.1, 0.15) is 63.7 Å². The Hall–Kier alpha value is -3.43. The van der Waals surface area contributed by atoms with Crippen LogP contribution in [0.5, 0.6) is 5.75 Å². The van der Waals surface area contributed by atoms with Crippen LogP contribution < -0.4 is 0 Å². The van der Waals surface area contributed by atoms with Crippen LogP contribution in [0.15, 0.2) is 60.7 Å². The highest BCUT2D eigenvalue weighted by molar-refractivity contribution is 5.89. The van der Waals surface area contributed by atoms with Crippen molar-refractivity contribution < 1.29 is 43.5 Å². The normalized spacial score (nSPS) is 34.5. The molecule has 1 spiro atoms. The minimum Gasteiger partial charge on any atom is -0.508 e. The molecule has 2 aliphatic carbocycles. The van der Waals surface area contributed by atoms with Gasteiger partial charge in [0, 0.05) is 19.4 Å². The number of phenols is 1. The molecule has 1 heterocycles. The minimum absolute atomic E-state index is 0.0204. The lowest BCUT2D eigenvalue weighted by atomic mass is 9.45. The van der Waals surface area contributed by atoms with E-state index in [1.807, 2.05) is 0 Å². The Bertz CT molecular complexity index is 1220. The van der Waals surface area contributed by atoms with Gasteiger partial charge in [-0.3, -0.25) is 14.3 Å². The summed E-state index contributed by atoms with van der Waals surface area (Å²) in [6.45, 7) is 14.6. The maximum Gasteiger partial charge on any atom is 0.338 e. The van der Waals surface area contributed by atoms with Crippen molar-refractivity contribution in [3.05, 3.63) is 66.3 Å². The van der Waals surface area contributed by atoms with E-state index in [2.05, 4.69) is 27.0 Å². The third-order valence-corrected chi connectivity index (χ3v) is 9.03. The van der Waals surface area contributed by atoms with Gasteiger partial charge in [-0.15, -0.1) is 0 Å². The Morgan fingerprint density at radius 3 is 2.35 bits per heavy atom. The Morgan fingerprint density at radius 1 is 1.10 bits per heavy atom. The van der Waals surface area contributed by atoms with E-state index >= 15 is 0 Å². The van der Waals surface area contributed by atoms with Gasteiger partial charge in [-0.1, -0.05) is 38.7 Å². The first-order valence-electron chi connectivity index (χ1n) is 13.5. The largest absolute Gasteiger partial charge is 0.508 e. The molecule has 2 N–H and O–H groups in total. The number of carbonyl (C=O) groups is 3. The minimum atomic E-state index is -1.24. The van der Waals surface area contributed by atoms with Crippen LogP contribution in [-0.4, -0.2) is 52.9 Å². The van der Waals surface area contributed by atoms with E-state index in [1.165, 1.54) is 38.1 Å². The molecule has 1 saturated heterocycles. The number of phenolic OH excluding ortho intramolecular Hbond substituents is 1. The number of rotatable bonds is 8. The van der Waals surface area contributed by atoms with Crippen LogP contribution in [0.4, 0.5) is 0 Å². The predicted molar refractivity (Wildman–Crippen MR) is 145 cm³/mol. The molecule has 0 aromatic heterocycles. The van der Waals surface area contributed by atoms with E-state index in [0.717, 1.165) is 5.57 Å². The van der Waals surface area contributed by atoms with E-state index in [1.54, 1.807) is 12.2 Å². The number of benzene rings is 1. The first kappa shape index (κ1) is 29.6. The number of ether oxygens (including phenoxy) is 4. The Kier molecular flexibility index (Phi) is 8.28. The highest BCUT2D eigenvalue weighted by Gasteiger charge is 2.71. The van der Waals surface area contributed by atoms with E-state index in [-0.39, 0.29) is 17.2 Å². The lowest BCUT2D eigenvalue weighted by molar-refractivity contribution is -0.254. The molecule has 0 unspecified atom stereocenters. The molecule has 8 atom stereocenters. The number of hydrogen-bond donors (Lipinski definition) is 2. The SMILES string of the molecule is C=CC(=C)CC[C@]1(C)[C@H](C)C[C@H](O)[C@@]23C(=C[C@@H](OC(=O)c4ccc(O)cc4)C[C@@H]12)[C@@H](OC(C)=O)O[C@H]3OC(C)=O. The van der Waals surface area contributed by atoms with Gasteiger partial charge in [0.05, 0.1) is 17.1 Å². The Labute approximate surface area is 234 Å². The van der Waals surface area contributed by atoms with Gasteiger partial charge < -0.3 is 24.4 Å². The molecule has 0 amide bonds. The average Bonchev–Trinajstić information content (AvgIpc) is 3.18. The van der Waals surface area contributed by atoms with Crippen LogP contribution in [0.2, 0.25) is 0 Å². The quantitative estimate of drug-likeness (QED) is 0.205. The molecule has 1 aliphatic heterocycles. The number of allylic oxidation sites excluding steroid dienone is 2. The van der Waals surface area contributed by atoms with Gasteiger partial charge in [-0.25, -0.2) is 4.79 Å². The topological polar surface area (TPSA) is 129 Å². The fourth-order valence-electron chi connectivity index (χ4n) is 6.82. The van der Waals surface area contributed by atoms with E-state index in [4.69, 9.17) is 18.9 Å². The van der Waals surface area contributed by atoms with Crippen LogP contribution in [0, 0.1) is 22.7 Å². The highest BCUT2D eigenvalue weighted by atomic mass is 16.8. The molecule has 1 saturated carbocycles. The second-order valence-electron chi connectivity index (χ2n) is 11.4.